The molecule has 4 saturated carbocycles. The first-order chi connectivity index (χ1) is 8.69. The number of esters is 1. The zero-order valence-electron chi connectivity index (χ0n) is 10.5. The van der Waals surface area contributed by atoms with Crippen LogP contribution in [0.4, 0.5) is 0 Å². The van der Waals surface area contributed by atoms with E-state index in [1.54, 1.807) is 0 Å². The van der Waals surface area contributed by atoms with Crippen LogP contribution in [0.25, 0.3) is 0 Å². The van der Waals surface area contributed by atoms with Crippen molar-refractivity contribution in [2.75, 3.05) is 0 Å². The van der Waals surface area contributed by atoms with Gasteiger partial charge < -0.3 is 4.74 Å². The first kappa shape index (κ1) is 11.7. The van der Waals surface area contributed by atoms with Crippen molar-refractivity contribution in [3.8, 4) is 0 Å². The highest BCUT2D eigenvalue weighted by Gasteiger charge is 2.66. The number of carbonyl (C=O) groups excluding carboxylic acids is 1. The van der Waals surface area contributed by atoms with Crippen molar-refractivity contribution in [1.29, 1.82) is 0 Å². The predicted octanol–water partition coefficient (Wildman–Crippen LogP) is -0.950. The van der Waals surface area contributed by atoms with Gasteiger partial charge in [-0.15, -0.1) is 0 Å². The van der Waals surface area contributed by atoms with Gasteiger partial charge in [0.25, 0.3) is 22.6 Å². The summed E-state index contributed by atoms with van der Waals surface area (Å²) in [5, 5.41) is 0. The van der Waals surface area contributed by atoms with Gasteiger partial charge in [0.15, 0.2) is 3.92 Å². The third-order valence-electron chi connectivity index (χ3n) is 6.13. The third-order valence-corrected chi connectivity index (χ3v) is 7.68. The van der Waals surface area contributed by atoms with Crippen LogP contribution in [0.1, 0.15) is 25.7 Å². The van der Waals surface area contributed by atoms with E-state index >= 15 is 0 Å². The second-order valence-corrected chi connectivity index (χ2v) is 8.39. The number of fused-ring (bicyclic) bond motifs is 9. The second kappa shape index (κ2) is 3.97. The molecule has 0 aromatic carbocycles. The highest BCUT2D eigenvalue weighted by Crippen LogP contribution is 2.67. The molecule has 0 heterocycles. The fourth-order valence-corrected chi connectivity index (χ4v) is 7.35. The first-order valence-electron chi connectivity index (χ1n) is 7.18. The zero-order valence-corrected chi connectivity index (χ0v) is 12.8. The Bertz CT molecular complexity index is 407. The van der Waals surface area contributed by atoms with Crippen molar-refractivity contribution in [2.45, 2.75) is 35.7 Å². The molecule has 4 rings (SSSR count). The lowest BCUT2D eigenvalue weighted by Gasteiger charge is -2.38. The minimum Gasteiger partial charge on any atom is -0.459 e. The van der Waals surface area contributed by atoms with Gasteiger partial charge in [0.2, 0.25) is 0 Å². The van der Waals surface area contributed by atoms with Crippen LogP contribution < -0.4 is 22.6 Å². The molecule has 4 aliphatic carbocycles. The molecule has 8 atom stereocenters. The number of hydrogen-bond acceptors (Lipinski definition) is 2. The molecular formula is C15H20IO2+. The lowest BCUT2D eigenvalue weighted by Crippen LogP contribution is -3.39. The maximum absolute atomic E-state index is 11.4. The van der Waals surface area contributed by atoms with Gasteiger partial charge in [-0.3, -0.25) is 0 Å². The standard InChI is InChI=1S/C15H20IO2/c1-2-13(17)18-12-6-8-4-10(12)15-7-3-9(14(8)15)11(16)5-7/h2,7-12,14-16H,1,3-6H2/q+1. The van der Waals surface area contributed by atoms with Crippen LogP contribution in [0, 0.1) is 35.5 Å². The SMILES string of the molecule is C=CC(=O)OC1CC2CC1C1C3CC([IH+])C(C3)C21. The Morgan fingerprint density at radius 1 is 1.11 bits per heavy atom. The molecular weight excluding hydrogens is 339 g/mol. The normalized spacial score (nSPS) is 55.6. The number of hydrogen-bond donors (Lipinski definition) is 0. The molecule has 0 saturated heterocycles. The summed E-state index contributed by atoms with van der Waals surface area (Å²) in [6.07, 6.45) is 6.87. The minimum atomic E-state index is -0.221. The van der Waals surface area contributed by atoms with Crippen LogP contribution in [-0.4, -0.2) is 16.0 Å². The molecule has 0 N–H and O–H groups in total. The largest absolute Gasteiger partial charge is 0.459 e. The van der Waals surface area contributed by atoms with Crippen molar-refractivity contribution in [3.05, 3.63) is 12.7 Å². The predicted molar refractivity (Wildman–Crippen MR) is 64.7 cm³/mol. The van der Waals surface area contributed by atoms with E-state index in [1.807, 2.05) is 0 Å². The van der Waals surface area contributed by atoms with Crippen molar-refractivity contribution in [2.24, 2.45) is 35.5 Å². The number of ether oxygens (including phenoxy) is 1. The van der Waals surface area contributed by atoms with Gasteiger partial charge in [-0.25, -0.2) is 4.79 Å². The first-order valence-corrected chi connectivity index (χ1v) is 8.52. The van der Waals surface area contributed by atoms with E-state index in [1.165, 1.54) is 25.3 Å². The molecule has 0 aliphatic heterocycles. The quantitative estimate of drug-likeness (QED) is 0.209. The monoisotopic (exact) mass is 359 g/mol. The molecule has 3 heteroatoms. The number of rotatable bonds is 2. The van der Waals surface area contributed by atoms with Gasteiger partial charge in [0, 0.05) is 12.0 Å². The highest BCUT2D eigenvalue weighted by atomic mass is 127. The summed E-state index contributed by atoms with van der Waals surface area (Å²) in [7, 11) is 0. The van der Waals surface area contributed by atoms with Crippen LogP contribution in [-0.2, 0) is 9.53 Å². The van der Waals surface area contributed by atoms with Gasteiger partial charge in [-0.2, -0.15) is 0 Å². The van der Waals surface area contributed by atoms with E-state index in [0.29, 0.717) is 5.92 Å². The van der Waals surface area contributed by atoms with Gasteiger partial charge in [-0.05, 0) is 55.3 Å². The van der Waals surface area contributed by atoms with Crippen LogP contribution in [0.15, 0.2) is 12.7 Å². The smallest absolute Gasteiger partial charge is 0.330 e. The number of halogens is 1. The molecule has 4 fully saturated rings. The summed E-state index contributed by atoms with van der Waals surface area (Å²) in [5.74, 6) is 5.10. The summed E-state index contributed by atoms with van der Waals surface area (Å²) in [4.78, 5) is 11.4. The Hall–Kier alpha value is -0.0600. The van der Waals surface area contributed by atoms with E-state index in [4.69, 9.17) is 4.74 Å². The van der Waals surface area contributed by atoms with Crippen molar-refractivity contribution >= 4 is 5.97 Å². The van der Waals surface area contributed by atoms with Crippen molar-refractivity contribution in [1.82, 2.24) is 0 Å². The lowest BCUT2D eigenvalue weighted by molar-refractivity contribution is -0.436. The molecule has 0 aromatic rings. The van der Waals surface area contributed by atoms with E-state index in [2.05, 4.69) is 29.2 Å². The fraction of sp³-hybridized carbons (Fsp3) is 0.800. The Labute approximate surface area is 122 Å². The number of carbonyl (C=O) groups is 1. The van der Waals surface area contributed by atoms with E-state index < -0.39 is 0 Å². The molecule has 0 spiro atoms. The Balaban J connectivity index is 1.55. The molecule has 0 aromatic heterocycles. The van der Waals surface area contributed by atoms with E-state index in [-0.39, 0.29) is 12.1 Å². The molecule has 18 heavy (non-hydrogen) atoms. The van der Waals surface area contributed by atoms with Gasteiger partial charge in [-0.1, -0.05) is 6.58 Å². The second-order valence-electron chi connectivity index (χ2n) is 6.66. The molecule has 4 bridgehead atoms. The summed E-state index contributed by atoms with van der Waals surface area (Å²) in [5.41, 5.74) is 0. The summed E-state index contributed by atoms with van der Waals surface area (Å²) in [6, 6.07) is 0. The van der Waals surface area contributed by atoms with E-state index in [0.717, 1.165) is 39.9 Å². The topological polar surface area (TPSA) is 26.3 Å². The van der Waals surface area contributed by atoms with Gasteiger partial charge in [0.05, 0.1) is 0 Å². The van der Waals surface area contributed by atoms with Gasteiger partial charge in [0.1, 0.15) is 6.10 Å². The van der Waals surface area contributed by atoms with Crippen molar-refractivity contribution in [3.63, 3.8) is 0 Å². The van der Waals surface area contributed by atoms with Crippen LogP contribution in [0.2, 0.25) is 0 Å². The maximum atomic E-state index is 11.4. The molecule has 4 aliphatic rings. The Morgan fingerprint density at radius 3 is 2.56 bits per heavy atom. The molecule has 0 amide bonds. The van der Waals surface area contributed by atoms with E-state index in [9.17, 15) is 4.79 Å². The highest BCUT2D eigenvalue weighted by molar-refractivity contribution is 5.81. The fourth-order valence-electron chi connectivity index (χ4n) is 5.81. The summed E-state index contributed by atoms with van der Waals surface area (Å²) in [6.45, 7) is 3.51. The molecule has 0 radical (unpaired) electrons. The molecule has 8 unspecified atom stereocenters. The van der Waals surface area contributed by atoms with Crippen LogP contribution in [0.5, 0.6) is 0 Å². The van der Waals surface area contributed by atoms with Gasteiger partial charge >= 0.3 is 5.97 Å². The van der Waals surface area contributed by atoms with Crippen molar-refractivity contribution < 1.29 is 32.1 Å². The average molecular weight is 359 g/mol. The maximum Gasteiger partial charge on any atom is 0.330 e. The Kier molecular flexibility index (Phi) is 2.59. The molecule has 2 nitrogen and oxygen atoms in total. The minimum absolute atomic E-state index is 0.206. The lowest BCUT2D eigenvalue weighted by atomic mass is 9.70. The zero-order chi connectivity index (χ0) is 12.4. The molecule has 98 valence electrons. The van der Waals surface area contributed by atoms with Crippen LogP contribution >= 0.6 is 0 Å². The Morgan fingerprint density at radius 2 is 1.78 bits per heavy atom. The third kappa shape index (κ3) is 1.43. The summed E-state index contributed by atoms with van der Waals surface area (Å²) < 4.78 is 6.54. The average Bonchev–Trinajstić information content (AvgIpc) is 3.04. The number of alkyl halides is 1. The summed E-state index contributed by atoms with van der Waals surface area (Å²) >= 11 is 2.37. The van der Waals surface area contributed by atoms with Crippen LogP contribution in [0.3, 0.4) is 0 Å².